The maximum atomic E-state index is 12.4. The van der Waals surface area contributed by atoms with Gasteiger partial charge in [0.2, 0.25) is 0 Å². The first-order valence-corrected chi connectivity index (χ1v) is 7.08. The van der Waals surface area contributed by atoms with Gasteiger partial charge in [-0.3, -0.25) is 4.79 Å². The lowest BCUT2D eigenvalue weighted by atomic mass is 9.99. The van der Waals surface area contributed by atoms with Gasteiger partial charge in [-0.1, -0.05) is 11.6 Å². The maximum absolute atomic E-state index is 12.4. The van der Waals surface area contributed by atoms with E-state index in [0.717, 1.165) is 19.4 Å². The lowest BCUT2D eigenvalue weighted by Crippen LogP contribution is -2.51. The van der Waals surface area contributed by atoms with Crippen LogP contribution < -0.4 is 21.1 Å². The third kappa shape index (κ3) is 3.16. The molecule has 0 saturated carbocycles. The predicted molar refractivity (Wildman–Crippen MR) is 80.4 cm³/mol. The van der Waals surface area contributed by atoms with Gasteiger partial charge >= 0.3 is 0 Å². The van der Waals surface area contributed by atoms with Crippen LogP contribution in [0.2, 0.25) is 5.02 Å². The van der Waals surface area contributed by atoms with E-state index in [1.807, 2.05) is 0 Å². The second-order valence-corrected chi connectivity index (χ2v) is 5.45. The van der Waals surface area contributed by atoms with Crippen LogP contribution in [0.15, 0.2) is 12.1 Å². The number of ether oxygens (including phenoxy) is 1. The molecule has 20 heavy (non-hydrogen) atoms. The quantitative estimate of drug-likeness (QED) is 0.744. The first-order chi connectivity index (χ1) is 9.52. The Hall–Kier alpha value is -1.46. The van der Waals surface area contributed by atoms with Crippen molar-refractivity contribution < 1.29 is 9.53 Å². The van der Waals surface area contributed by atoms with Crippen LogP contribution in [-0.2, 0) is 0 Å². The Morgan fingerprint density at radius 3 is 2.95 bits per heavy atom. The Kier molecular flexibility index (Phi) is 4.73. The van der Waals surface area contributed by atoms with E-state index in [1.54, 1.807) is 12.1 Å². The summed E-state index contributed by atoms with van der Waals surface area (Å²) < 4.78 is 5.20. The zero-order valence-corrected chi connectivity index (χ0v) is 12.5. The number of hydrogen-bond donors (Lipinski definition) is 3. The summed E-state index contributed by atoms with van der Waals surface area (Å²) in [4.78, 5) is 12.4. The number of nitrogen functional groups attached to an aromatic ring is 1. The molecule has 2 rings (SSSR count). The van der Waals surface area contributed by atoms with Gasteiger partial charge in [0.05, 0.1) is 23.4 Å². The second kappa shape index (κ2) is 6.33. The zero-order valence-electron chi connectivity index (χ0n) is 11.7. The maximum Gasteiger partial charge on any atom is 0.255 e. The van der Waals surface area contributed by atoms with Gasteiger partial charge in [0.25, 0.3) is 5.91 Å². The molecule has 0 radical (unpaired) electrons. The number of piperidine rings is 1. The van der Waals surface area contributed by atoms with Gasteiger partial charge in [-0.25, -0.2) is 0 Å². The molecule has 0 aromatic heterocycles. The van der Waals surface area contributed by atoms with Crippen molar-refractivity contribution in [2.75, 3.05) is 19.4 Å². The van der Waals surface area contributed by atoms with Crippen LogP contribution in [0.4, 0.5) is 5.69 Å². The number of benzene rings is 1. The highest BCUT2D eigenvalue weighted by atomic mass is 35.5. The lowest BCUT2D eigenvalue weighted by Gasteiger charge is -2.30. The van der Waals surface area contributed by atoms with Gasteiger partial charge < -0.3 is 21.1 Å². The molecule has 0 spiro atoms. The summed E-state index contributed by atoms with van der Waals surface area (Å²) in [7, 11) is 1.50. The predicted octanol–water partition coefficient (Wildman–Crippen LogP) is 1.80. The largest absolute Gasteiger partial charge is 0.496 e. The average molecular weight is 298 g/mol. The summed E-state index contributed by atoms with van der Waals surface area (Å²) in [6.07, 6.45) is 2.01. The van der Waals surface area contributed by atoms with Crippen LogP contribution in [0.5, 0.6) is 5.75 Å². The number of anilines is 1. The molecule has 1 aliphatic heterocycles. The summed E-state index contributed by atoms with van der Waals surface area (Å²) in [5.41, 5.74) is 6.52. The molecule has 1 heterocycles. The van der Waals surface area contributed by atoms with Gasteiger partial charge in [0.15, 0.2) is 0 Å². The van der Waals surface area contributed by atoms with E-state index in [-0.39, 0.29) is 18.0 Å². The highest BCUT2D eigenvalue weighted by Gasteiger charge is 2.24. The highest BCUT2D eigenvalue weighted by Crippen LogP contribution is 2.29. The number of carbonyl (C=O) groups is 1. The normalized spacial score (nSPS) is 22.4. The number of nitrogens with two attached hydrogens (primary N) is 1. The van der Waals surface area contributed by atoms with Crippen molar-refractivity contribution in [2.45, 2.75) is 31.8 Å². The van der Waals surface area contributed by atoms with E-state index < -0.39 is 0 Å². The molecule has 1 saturated heterocycles. The van der Waals surface area contributed by atoms with E-state index in [4.69, 9.17) is 22.1 Å². The number of rotatable bonds is 3. The third-order valence-electron chi connectivity index (χ3n) is 3.64. The smallest absolute Gasteiger partial charge is 0.255 e. The van der Waals surface area contributed by atoms with Gasteiger partial charge in [-0.15, -0.1) is 0 Å². The van der Waals surface area contributed by atoms with Crippen LogP contribution in [-0.4, -0.2) is 31.6 Å². The van der Waals surface area contributed by atoms with E-state index >= 15 is 0 Å². The molecule has 0 bridgehead atoms. The van der Waals surface area contributed by atoms with Crippen molar-refractivity contribution in [3.8, 4) is 5.75 Å². The topological polar surface area (TPSA) is 76.4 Å². The summed E-state index contributed by atoms with van der Waals surface area (Å²) in [5.74, 6) is 0.241. The molecule has 5 nitrogen and oxygen atoms in total. The molecule has 1 amide bonds. The Morgan fingerprint density at radius 1 is 1.55 bits per heavy atom. The van der Waals surface area contributed by atoms with Crippen molar-refractivity contribution in [3.05, 3.63) is 22.7 Å². The fraction of sp³-hybridized carbons (Fsp3) is 0.500. The molecule has 1 aromatic rings. The number of carbonyl (C=O) groups excluding carboxylic acids is 1. The summed E-state index contributed by atoms with van der Waals surface area (Å²) in [6, 6.07) is 3.48. The van der Waals surface area contributed by atoms with E-state index in [9.17, 15) is 4.79 Å². The van der Waals surface area contributed by atoms with Crippen molar-refractivity contribution >= 4 is 23.2 Å². The Bertz CT molecular complexity index is 507. The SMILES string of the molecule is COc1cc(N)c(Cl)cc1C(=O)NC1CCCNC1C. The Labute approximate surface area is 123 Å². The molecule has 1 fully saturated rings. The van der Waals surface area contributed by atoms with Gasteiger partial charge in [-0.2, -0.15) is 0 Å². The number of amides is 1. The number of methoxy groups -OCH3 is 1. The molecule has 0 aliphatic carbocycles. The molecule has 2 unspecified atom stereocenters. The van der Waals surface area contributed by atoms with Crippen LogP contribution in [0.1, 0.15) is 30.1 Å². The highest BCUT2D eigenvalue weighted by molar-refractivity contribution is 6.33. The first-order valence-electron chi connectivity index (χ1n) is 6.70. The number of nitrogens with one attached hydrogen (secondary N) is 2. The molecule has 110 valence electrons. The van der Waals surface area contributed by atoms with Gasteiger partial charge in [0, 0.05) is 18.2 Å². The fourth-order valence-corrected chi connectivity index (χ4v) is 2.57. The van der Waals surface area contributed by atoms with E-state index in [0.29, 0.717) is 22.0 Å². The molecule has 4 N–H and O–H groups in total. The summed E-state index contributed by atoms with van der Waals surface area (Å²) in [6.45, 7) is 3.06. The fourth-order valence-electron chi connectivity index (χ4n) is 2.40. The average Bonchev–Trinajstić information content (AvgIpc) is 2.43. The van der Waals surface area contributed by atoms with Crippen LogP contribution >= 0.6 is 11.6 Å². The van der Waals surface area contributed by atoms with Crippen molar-refractivity contribution in [2.24, 2.45) is 0 Å². The Balaban J connectivity index is 2.18. The minimum absolute atomic E-state index is 0.109. The minimum atomic E-state index is -0.190. The zero-order chi connectivity index (χ0) is 14.7. The molecular weight excluding hydrogens is 278 g/mol. The van der Waals surface area contributed by atoms with Gasteiger partial charge in [-0.05, 0) is 32.4 Å². The monoisotopic (exact) mass is 297 g/mol. The standard InChI is InChI=1S/C14H20ClN3O2/c1-8-12(4-3-5-17-8)18-14(19)9-6-10(15)11(16)7-13(9)20-2/h6-8,12,17H,3-5,16H2,1-2H3,(H,18,19). The lowest BCUT2D eigenvalue weighted by molar-refractivity contribution is 0.0917. The molecular formula is C14H20ClN3O2. The Morgan fingerprint density at radius 2 is 2.30 bits per heavy atom. The van der Waals surface area contributed by atoms with Crippen molar-refractivity contribution in [1.82, 2.24) is 10.6 Å². The number of hydrogen-bond acceptors (Lipinski definition) is 4. The van der Waals surface area contributed by atoms with E-state index in [1.165, 1.54) is 7.11 Å². The minimum Gasteiger partial charge on any atom is -0.496 e. The van der Waals surface area contributed by atoms with Crippen LogP contribution in [0, 0.1) is 0 Å². The van der Waals surface area contributed by atoms with Crippen LogP contribution in [0.3, 0.4) is 0 Å². The third-order valence-corrected chi connectivity index (χ3v) is 3.97. The molecule has 1 aromatic carbocycles. The van der Waals surface area contributed by atoms with E-state index in [2.05, 4.69) is 17.6 Å². The first kappa shape index (κ1) is 14.9. The summed E-state index contributed by atoms with van der Waals surface area (Å²) in [5, 5.41) is 6.72. The van der Waals surface area contributed by atoms with Crippen molar-refractivity contribution in [1.29, 1.82) is 0 Å². The summed E-state index contributed by atoms with van der Waals surface area (Å²) >= 11 is 5.99. The molecule has 1 aliphatic rings. The molecule has 2 atom stereocenters. The number of halogens is 1. The second-order valence-electron chi connectivity index (χ2n) is 5.04. The van der Waals surface area contributed by atoms with Crippen molar-refractivity contribution in [3.63, 3.8) is 0 Å². The van der Waals surface area contributed by atoms with Crippen LogP contribution in [0.25, 0.3) is 0 Å². The van der Waals surface area contributed by atoms with Gasteiger partial charge in [0.1, 0.15) is 5.75 Å². The molecule has 6 heteroatoms.